The van der Waals surface area contributed by atoms with E-state index in [-0.39, 0.29) is 12.0 Å². The Labute approximate surface area is 113 Å². The fourth-order valence-electron chi connectivity index (χ4n) is 2.45. The largest absolute Gasteiger partial charge is 0.508 e. The number of nitrogens with one attached hydrogen (secondary N) is 1. The van der Waals surface area contributed by atoms with E-state index in [4.69, 9.17) is 4.74 Å². The van der Waals surface area contributed by atoms with E-state index < -0.39 is 5.60 Å². The molecule has 1 aliphatic rings. The van der Waals surface area contributed by atoms with E-state index in [0.29, 0.717) is 12.3 Å². The maximum atomic E-state index is 11.6. The summed E-state index contributed by atoms with van der Waals surface area (Å²) in [6, 6.07) is 5.58. The summed E-state index contributed by atoms with van der Waals surface area (Å²) in [5.74, 6) is 0.617. The minimum absolute atomic E-state index is 0.259. The van der Waals surface area contributed by atoms with Gasteiger partial charge in [0.15, 0.2) is 0 Å². The number of hydrogen-bond donors (Lipinski definition) is 2. The Bertz CT molecular complexity index is 477. The van der Waals surface area contributed by atoms with Crippen LogP contribution in [0.5, 0.6) is 5.75 Å². The number of ether oxygens (including phenoxy) is 1. The van der Waals surface area contributed by atoms with E-state index in [9.17, 15) is 9.90 Å². The molecule has 1 aliphatic carbocycles. The van der Waals surface area contributed by atoms with Crippen LogP contribution < -0.4 is 5.32 Å². The molecular weight excluding hydrogens is 242 g/mol. The van der Waals surface area contributed by atoms with Gasteiger partial charge >= 0.3 is 6.09 Å². The molecule has 1 aromatic rings. The third-order valence-electron chi connectivity index (χ3n) is 3.26. The average Bonchev–Trinajstić information content (AvgIpc) is 2.69. The highest BCUT2D eigenvalue weighted by atomic mass is 16.6. The third-order valence-corrected chi connectivity index (χ3v) is 3.26. The molecule has 0 aromatic heterocycles. The predicted molar refractivity (Wildman–Crippen MR) is 73.4 cm³/mol. The lowest BCUT2D eigenvalue weighted by Crippen LogP contribution is -2.34. The maximum Gasteiger partial charge on any atom is 0.407 e. The molecule has 1 aromatic carbocycles. The summed E-state index contributed by atoms with van der Waals surface area (Å²) in [7, 11) is 0. The quantitative estimate of drug-likeness (QED) is 0.862. The molecule has 4 heteroatoms. The van der Waals surface area contributed by atoms with E-state index in [1.54, 1.807) is 6.07 Å². The number of phenols is 1. The first kappa shape index (κ1) is 13.7. The molecule has 0 saturated carbocycles. The number of alkyl carbamates (subject to hydrolysis) is 1. The lowest BCUT2D eigenvalue weighted by atomic mass is 10.0. The second-order valence-electron chi connectivity index (χ2n) is 5.96. The normalized spacial score (nSPS) is 17.9. The van der Waals surface area contributed by atoms with Crippen molar-refractivity contribution in [2.24, 2.45) is 0 Å². The second kappa shape index (κ2) is 5.11. The summed E-state index contributed by atoms with van der Waals surface area (Å²) in [6.45, 7) is 6.08. The summed E-state index contributed by atoms with van der Waals surface area (Å²) >= 11 is 0. The van der Waals surface area contributed by atoms with Crippen LogP contribution in [0, 0.1) is 0 Å². The average molecular weight is 263 g/mol. The zero-order chi connectivity index (χ0) is 14.0. The van der Waals surface area contributed by atoms with Gasteiger partial charge < -0.3 is 15.2 Å². The van der Waals surface area contributed by atoms with E-state index >= 15 is 0 Å². The van der Waals surface area contributed by atoms with Crippen molar-refractivity contribution < 1.29 is 14.6 Å². The highest BCUT2D eigenvalue weighted by molar-refractivity contribution is 5.67. The lowest BCUT2D eigenvalue weighted by molar-refractivity contribution is 0.0524. The van der Waals surface area contributed by atoms with Crippen molar-refractivity contribution in [1.82, 2.24) is 5.32 Å². The molecule has 1 atom stereocenters. The van der Waals surface area contributed by atoms with Crippen LogP contribution >= 0.6 is 0 Å². The Balaban J connectivity index is 1.93. The molecule has 4 nitrogen and oxygen atoms in total. The van der Waals surface area contributed by atoms with Crippen LogP contribution in [0.15, 0.2) is 18.2 Å². The Morgan fingerprint density at radius 3 is 2.89 bits per heavy atom. The van der Waals surface area contributed by atoms with Crippen LogP contribution in [0.2, 0.25) is 0 Å². The first-order valence-corrected chi connectivity index (χ1v) is 6.64. The number of benzene rings is 1. The summed E-state index contributed by atoms with van der Waals surface area (Å²) in [6.07, 6.45) is 1.42. The van der Waals surface area contributed by atoms with Crippen LogP contribution in [0.4, 0.5) is 4.79 Å². The van der Waals surface area contributed by atoms with Gasteiger partial charge in [0.2, 0.25) is 0 Å². The van der Waals surface area contributed by atoms with Crippen molar-refractivity contribution in [3.63, 3.8) is 0 Å². The molecule has 2 N–H and O–H groups in total. The molecular formula is C15H21NO3. The number of fused-ring (bicyclic) bond motifs is 1. The molecule has 19 heavy (non-hydrogen) atoms. The maximum absolute atomic E-state index is 11.6. The molecule has 1 unspecified atom stereocenters. The Hall–Kier alpha value is -1.71. The van der Waals surface area contributed by atoms with Gasteiger partial charge in [-0.2, -0.15) is 0 Å². The van der Waals surface area contributed by atoms with Crippen LogP contribution in [0.1, 0.15) is 44.2 Å². The van der Waals surface area contributed by atoms with E-state index in [0.717, 1.165) is 24.0 Å². The molecule has 104 valence electrons. The fraction of sp³-hybridized carbons (Fsp3) is 0.533. The van der Waals surface area contributed by atoms with Crippen LogP contribution in [-0.4, -0.2) is 23.3 Å². The van der Waals surface area contributed by atoms with Crippen molar-refractivity contribution in [2.75, 3.05) is 6.54 Å². The van der Waals surface area contributed by atoms with Gasteiger partial charge in [-0.1, -0.05) is 12.1 Å². The number of rotatable bonds is 2. The SMILES string of the molecule is CC(C)(C)OC(=O)NCC1CCc2c(O)cccc21. The zero-order valence-corrected chi connectivity index (χ0v) is 11.7. The van der Waals surface area contributed by atoms with Gasteiger partial charge in [-0.15, -0.1) is 0 Å². The first-order chi connectivity index (χ1) is 8.87. The van der Waals surface area contributed by atoms with Crippen LogP contribution in [0.25, 0.3) is 0 Å². The first-order valence-electron chi connectivity index (χ1n) is 6.64. The highest BCUT2D eigenvalue weighted by Gasteiger charge is 2.25. The second-order valence-corrected chi connectivity index (χ2v) is 5.96. The number of phenolic OH excluding ortho intramolecular Hbond substituents is 1. The van der Waals surface area contributed by atoms with Crippen molar-refractivity contribution in [1.29, 1.82) is 0 Å². The standard InChI is InChI=1S/C15H21NO3/c1-15(2,3)19-14(18)16-9-10-7-8-12-11(10)5-4-6-13(12)17/h4-6,10,17H,7-9H2,1-3H3,(H,16,18). The molecule has 0 radical (unpaired) electrons. The molecule has 1 amide bonds. The topological polar surface area (TPSA) is 58.6 Å². The molecule has 2 rings (SSSR count). The number of hydrogen-bond acceptors (Lipinski definition) is 3. The van der Waals surface area contributed by atoms with E-state index in [1.807, 2.05) is 32.9 Å². The third kappa shape index (κ3) is 3.40. The van der Waals surface area contributed by atoms with E-state index in [1.165, 1.54) is 0 Å². The van der Waals surface area contributed by atoms with Gasteiger partial charge in [-0.3, -0.25) is 0 Å². The van der Waals surface area contributed by atoms with Gasteiger partial charge in [0, 0.05) is 12.5 Å². The lowest BCUT2D eigenvalue weighted by Gasteiger charge is -2.21. The number of carbonyl (C=O) groups is 1. The van der Waals surface area contributed by atoms with Crippen molar-refractivity contribution >= 4 is 6.09 Å². The Morgan fingerprint density at radius 2 is 2.21 bits per heavy atom. The van der Waals surface area contributed by atoms with Gasteiger partial charge in [0.1, 0.15) is 11.4 Å². The molecule has 0 bridgehead atoms. The molecule has 0 fully saturated rings. The minimum Gasteiger partial charge on any atom is -0.508 e. The van der Waals surface area contributed by atoms with Crippen LogP contribution in [0.3, 0.4) is 0 Å². The molecule has 0 spiro atoms. The monoisotopic (exact) mass is 263 g/mol. The predicted octanol–water partition coefficient (Wildman–Crippen LogP) is 2.95. The highest BCUT2D eigenvalue weighted by Crippen LogP contribution is 2.37. The molecule has 0 saturated heterocycles. The van der Waals surface area contributed by atoms with Gasteiger partial charge in [-0.05, 0) is 50.8 Å². The minimum atomic E-state index is -0.476. The number of aromatic hydroxyl groups is 1. The summed E-state index contributed by atoms with van der Waals surface area (Å²) in [5, 5.41) is 12.6. The van der Waals surface area contributed by atoms with Crippen molar-refractivity contribution in [3.8, 4) is 5.75 Å². The van der Waals surface area contributed by atoms with Crippen molar-refractivity contribution in [3.05, 3.63) is 29.3 Å². The summed E-state index contributed by atoms with van der Waals surface area (Å²) in [4.78, 5) is 11.6. The fourth-order valence-corrected chi connectivity index (χ4v) is 2.45. The van der Waals surface area contributed by atoms with Gasteiger partial charge in [0.05, 0.1) is 0 Å². The molecule has 0 aliphatic heterocycles. The zero-order valence-electron chi connectivity index (χ0n) is 11.7. The van der Waals surface area contributed by atoms with Crippen LogP contribution in [-0.2, 0) is 11.2 Å². The van der Waals surface area contributed by atoms with Crippen molar-refractivity contribution in [2.45, 2.75) is 45.1 Å². The van der Waals surface area contributed by atoms with Gasteiger partial charge in [0.25, 0.3) is 0 Å². The Kier molecular flexibility index (Phi) is 3.69. The van der Waals surface area contributed by atoms with Gasteiger partial charge in [-0.25, -0.2) is 4.79 Å². The smallest absolute Gasteiger partial charge is 0.407 e. The number of amides is 1. The summed E-state index contributed by atoms with van der Waals surface area (Å²) in [5.41, 5.74) is 1.67. The number of carbonyl (C=O) groups excluding carboxylic acids is 1. The van der Waals surface area contributed by atoms with E-state index in [2.05, 4.69) is 5.32 Å². The summed E-state index contributed by atoms with van der Waals surface area (Å²) < 4.78 is 5.21. The Morgan fingerprint density at radius 1 is 1.47 bits per heavy atom. The molecule has 0 heterocycles.